The monoisotopic (exact) mass is 218 g/mol. The number of carbonyl (C=O) groups excluding carboxylic acids is 1. The van der Waals surface area contributed by atoms with Crippen molar-refractivity contribution in [2.24, 2.45) is 5.73 Å². The van der Waals surface area contributed by atoms with Crippen LogP contribution in [0.5, 0.6) is 0 Å². The molecule has 0 aliphatic heterocycles. The van der Waals surface area contributed by atoms with E-state index in [0.29, 0.717) is 11.4 Å². The summed E-state index contributed by atoms with van der Waals surface area (Å²) in [4.78, 5) is 14.9. The molecule has 3 N–H and O–H groups in total. The first-order valence-electron chi connectivity index (χ1n) is 4.95. The van der Waals surface area contributed by atoms with E-state index in [-0.39, 0.29) is 18.4 Å². The Balaban J connectivity index is 2.84. The lowest BCUT2D eigenvalue weighted by atomic mass is 10.2. The summed E-state index contributed by atoms with van der Waals surface area (Å²) < 4.78 is 0. The summed E-state index contributed by atoms with van der Waals surface area (Å²) in [7, 11) is 0. The smallest absolute Gasteiger partial charge is 0.219 e. The van der Waals surface area contributed by atoms with Crippen molar-refractivity contribution >= 4 is 11.7 Å². The molecule has 16 heavy (non-hydrogen) atoms. The first-order valence-corrected chi connectivity index (χ1v) is 4.95. The highest BCUT2D eigenvalue weighted by Crippen LogP contribution is 2.13. The Hall–Kier alpha value is -2.09. The van der Waals surface area contributed by atoms with Crippen LogP contribution in [-0.2, 0) is 4.79 Å². The molecule has 0 radical (unpaired) electrons. The predicted molar refractivity (Wildman–Crippen MR) is 60.6 cm³/mol. The highest BCUT2D eigenvalue weighted by molar-refractivity contribution is 5.75. The molecule has 1 unspecified atom stereocenters. The van der Waals surface area contributed by atoms with E-state index < -0.39 is 0 Å². The van der Waals surface area contributed by atoms with Gasteiger partial charge in [-0.05, 0) is 26.0 Å². The number of rotatable bonds is 4. The molecule has 0 bridgehead atoms. The van der Waals surface area contributed by atoms with Crippen LogP contribution in [0, 0.1) is 18.3 Å². The largest absolute Gasteiger partial charge is 0.370 e. The van der Waals surface area contributed by atoms with Crippen molar-refractivity contribution in [2.75, 3.05) is 5.32 Å². The van der Waals surface area contributed by atoms with E-state index in [4.69, 9.17) is 11.0 Å². The minimum Gasteiger partial charge on any atom is -0.370 e. The summed E-state index contributed by atoms with van der Waals surface area (Å²) >= 11 is 0. The quantitative estimate of drug-likeness (QED) is 0.786. The van der Waals surface area contributed by atoms with E-state index in [0.717, 1.165) is 5.69 Å². The predicted octanol–water partition coefficient (Wildman–Crippen LogP) is 0.937. The first kappa shape index (κ1) is 12.0. The number of aryl methyl sites for hydroxylation is 1. The lowest BCUT2D eigenvalue weighted by molar-refractivity contribution is -0.118. The van der Waals surface area contributed by atoms with Crippen LogP contribution in [-0.4, -0.2) is 16.9 Å². The Labute approximate surface area is 94.3 Å². The van der Waals surface area contributed by atoms with E-state index in [2.05, 4.69) is 10.3 Å². The van der Waals surface area contributed by atoms with Crippen LogP contribution in [0.4, 0.5) is 5.82 Å². The van der Waals surface area contributed by atoms with Crippen molar-refractivity contribution in [3.63, 3.8) is 0 Å². The fourth-order valence-corrected chi connectivity index (χ4v) is 1.34. The molecule has 0 saturated carbocycles. The second-order valence-electron chi connectivity index (χ2n) is 3.68. The zero-order valence-corrected chi connectivity index (χ0v) is 9.32. The summed E-state index contributed by atoms with van der Waals surface area (Å²) in [5.41, 5.74) is 6.36. The van der Waals surface area contributed by atoms with Gasteiger partial charge in [-0.1, -0.05) is 0 Å². The van der Waals surface area contributed by atoms with E-state index in [1.54, 1.807) is 12.1 Å². The summed E-state index contributed by atoms with van der Waals surface area (Å²) in [6, 6.07) is 5.36. The highest BCUT2D eigenvalue weighted by atomic mass is 16.1. The number of nitrogens with one attached hydrogen (secondary N) is 1. The van der Waals surface area contributed by atoms with Crippen LogP contribution in [0.3, 0.4) is 0 Å². The number of hydrogen-bond donors (Lipinski definition) is 2. The fourth-order valence-electron chi connectivity index (χ4n) is 1.34. The van der Waals surface area contributed by atoms with Crippen LogP contribution in [0.2, 0.25) is 0 Å². The minimum atomic E-state index is -0.383. The molecule has 0 spiro atoms. The topological polar surface area (TPSA) is 91.8 Å². The number of amides is 1. The number of hydrogen-bond acceptors (Lipinski definition) is 4. The minimum absolute atomic E-state index is 0.140. The van der Waals surface area contributed by atoms with Crippen molar-refractivity contribution < 1.29 is 4.79 Å². The molecular weight excluding hydrogens is 204 g/mol. The van der Waals surface area contributed by atoms with Crippen LogP contribution >= 0.6 is 0 Å². The Morgan fingerprint density at radius 1 is 1.69 bits per heavy atom. The molecule has 0 saturated heterocycles. The molecule has 0 aromatic carbocycles. The van der Waals surface area contributed by atoms with Crippen LogP contribution < -0.4 is 11.1 Å². The van der Waals surface area contributed by atoms with Crippen molar-refractivity contribution in [3.8, 4) is 6.07 Å². The van der Waals surface area contributed by atoms with E-state index in [9.17, 15) is 4.79 Å². The molecule has 1 aromatic rings. The van der Waals surface area contributed by atoms with Gasteiger partial charge in [-0.3, -0.25) is 4.79 Å². The molecule has 84 valence electrons. The van der Waals surface area contributed by atoms with Gasteiger partial charge < -0.3 is 11.1 Å². The summed E-state index contributed by atoms with van der Waals surface area (Å²) in [6.45, 7) is 3.65. The van der Waals surface area contributed by atoms with Crippen molar-refractivity contribution in [1.82, 2.24) is 4.98 Å². The lowest BCUT2D eigenvalue weighted by Gasteiger charge is -2.13. The molecular formula is C11H14N4O. The standard InChI is InChI=1S/C11H14N4O/c1-7-3-4-9(6-12)11(14-7)15-8(2)5-10(13)16/h3-4,8H,5H2,1-2H3,(H2,13,16)(H,14,15). The van der Waals surface area contributed by atoms with Gasteiger partial charge >= 0.3 is 0 Å². The molecule has 1 atom stereocenters. The maximum absolute atomic E-state index is 10.7. The molecule has 0 aliphatic rings. The molecule has 0 fully saturated rings. The Morgan fingerprint density at radius 2 is 2.38 bits per heavy atom. The third-order valence-electron chi connectivity index (χ3n) is 2.05. The second kappa shape index (κ2) is 5.12. The normalized spacial score (nSPS) is 11.6. The summed E-state index contributed by atoms with van der Waals surface area (Å²) in [5.74, 6) is 0.113. The van der Waals surface area contributed by atoms with Crippen molar-refractivity contribution in [1.29, 1.82) is 5.26 Å². The molecule has 5 nitrogen and oxygen atoms in total. The Morgan fingerprint density at radius 3 is 2.94 bits per heavy atom. The molecule has 0 aliphatic carbocycles. The van der Waals surface area contributed by atoms with E-state index >= 15 is 0 Å². The van der Waals surface area contributed by atoms with E-state index in [1.165, 1.54) is 0 Å². The second-order valence-corrected chi connectivity index (χ2v) is 3.68. The molecule has 1 aromatic heterocycles. The van der Waals surface area contributed by atoms with Gasteiger partial charge in [0.15, 0.2) is 0 Å². The van der Waals surface area contributed by atoms with Crippen LogP contribution in [0.1, 0.15) is 24.6 Å². The number of nitrogens with two attached hydrogens (primary N) is 1. The van der Waals surface area contributed by atoms with Gasteiger partial charge in [0.1, 0.15) is 11.9 Å². The maximum Gasteiger partial charge on any atom is 0.219 e. The molecule has 1 heterocycles. The number of aromatic nitrogens is 1. The van der Waals surface area contributed by atoms with E-state index in [1.807, 2.05) is 19.9 Å². The Bertz CT molecular complexity index is 436. The molecule has 1 rings (SSSR count). The van der Waals surface area contributed by atoms with Crippen molar-refractivity contribution in [2.45, 2.75) is 26.3 Å². The van der Waals surface area contributed by atoms with Gasteiger partial charge in [-0.15, -0.1) is 0 Å². The lowest BCUT2D eigenvalue weighted by Crippen LogP contribution is -2.24. The third kappa shape index (κ3) is 3.24. The zero-order chi connectivity index (χ0) is 12.1. The van der Waals surface area contributed by atoms with Crippen molar-refractivity contribution in [3.05, 3.63) is 23.4 Å². The summed E-state index contributed by atoms with van der Waals surface area (Å²) in [6.07, 6.45) is 0.209. The maximum atomic E-state index is 10.7. The number of primary amides is 1. The number of pyridine rings is 1. The van der Waals surface area contributed by atoms with Gasteiger partial charge in [0.25, 0.3) is 0 Å². The van der Waals surface area contributed by atoms with Crippen LogP contribution in [0.15, 0.2) is 12.1 Å². The first-order chi connectivity index (χ1) is 7.52. The third-order valence-corrected chi connectivity index (χ3v) is 2.05. The van der Waals surface area contributed by atoms with Crippen LogP contribution in [0.25, 0.3) is 0 Å². The highest BCUT2D eigenvalue weighted by Gasteiger charge is 2.09. The number of carbonyl (C=O) groups is 1. The van der Waals surface area contributed by atoms with Gasteiger partial charge in [-0.25, -0.2) is 4.98 Å². The SMILES string of the molecule is Cc1ccc(C#N)c(NC(C)CC(N)=O)n1. The fraction of sp³-hybridized carbons (Fsp3) is 0.364. The number of nitrogens with zero attached hydrogens (tertiary/aromatic N) is 2. The molecule has 5 heteroatoms. The average molecular weight is 218 g/mol. The zero-order valence-electron chi connectivity index (χ0n) is 9.32. The summed E-state index contributed by atoms with van der Waals surface area (Å²) in [5, 5.41) is 11.9. The van der Waals surface area contributed by atoms with Gasteiger partial charge in [0.2, 0.25) is 5.91 Å². The van der Waals surface area contributed by atoms with Gasteiger partial charge in [-0.2, -0.15) is 5.26 Å². The van der Waals surface area contributed by atoms with Gasteiger partial charge in [0, 0.05) is 18.2 Å². The number of anilines is 1. The Kier molecular flexibility index (Phi) is 3.84. The average Bonchev–Trinajstić information content (AvgIpc) is 2.16. The van der Waals surface area contributed by atoms with Gasteiger partial charge in [0.05, 0.1) is 5.56 Å². The number of nitriles is 1. The molecule has 1 amide bonds.